The molecule has 0 amide bonds. The molecule has 0 radical (unpaired) electrons. The predicted molar refractivity (Wildman–Crippen MR) is 61.6 cm³/mol. The maximum Gasteiger partial charge on any atom is 0.433 e. The summed E-state index contributed by atoms with van der Waals surface area (Å²) in [6, 6.07) is 4.72. The highest BCUT2D eigenvalue weighted by Gasteiger charge is 2.45. The average Bonchev–Trinajstić information content (AvgIpc) is 3.04. The summed E-state index contributed by atoms with van der Waals surface area (Å²) in [6.07, 6.45) is -3.38. The second kappa shape index (κ2) is 4.31. The van der Waals surface area contributed by atoms with E-state index in [0.717, 1.165) is 0 Å². The fourth-order valence-corrected chi connectivity index (χ4v) is 2.20. The molecule has 3 rings (SSSR count). The van der Waals surface area contributed by atoms with Crippen LogP contribution in [-0.2, 0) is 6.18 Å². The number of nitrogens with one attached hydrogen (secondary N) is 1. The molecule has 0 unspecified atom stereocenters. The van der Waals surface area contributed by atoms with Crippen molar-refractivity contribution in [2.75, 3.05) is 0 Å². The van der Waals surface area contributed by atoms with Gasteiger partial charge in [-0.05, 0) is 12.1 Å². The van der Waals surface area contributed by atoms with Crippen molar-refractivity contribution in [3.05, 3.63) is 46.9 Å². The molecular weight excluding hydrogens is 289 g/mol. The normalized spacial score (nSPS) is 18.1. The number of furan rings is 1. The number of aromatic amines is 1. The number of nitriles is 1. The van der Waals surface area contributed by atoms with Crippen LogP contribution in [-0.4, -0.2) is 10.2 Å². The largest absolute Gasteiger partial charge is 0.468 e. The van der Waals surface area contributed by atoms with Crippen LogP contribution in [0.2, 0.25) is 0 Å². The standard InChI is InChI=1S/C12H7F3N4O2/c13-12(14,15)9-8-7(6-2-1-3-20-6)5(4-16)10(17)21-11(8)19-18-9/h1-3,7H,17H2,(H,18,19)/t7-/m1/s1. The van der Waals surface area contributed by atoms with Crippen molar-refractivity contribution in [2.24, 2.45) is 5.73 Å². The Balaban J connectivity index is 2.26. The molecule has 0 aliphatic carbocycles. The number of fused-ring (bicyclic) bond motifs is 1. The minimum atomic E-state index is -4.68. The number of rotatable bonds is 1. The minimum Gasteiger partial charge on any atom is -0.468 e. The number of hydrogen-bond acceptors (Lipinski definition) is 5. The van der Waals surface area contributed by atoms with Gasteiger partial charge in [0.1, 0.15) is 23.1 Å². The molecule has 2 aromatic rings. The van der Waals surface area contributed by atoms with Crippen molar-refractivity contribution >= 4 is 0 Å². The van der Waals surface area contributed by atoms with Crippen LogP contribution in [0, 0.1) is 11.3 Å². The molecule has 21 heavy (non-hydrogen) atoms. The predicted octanol–water partition coefficient (Wildman–Crippen LogP) is 2.24. The zero-order valence-electron chi connectivity index (χ0n) is 10.2. The molecular formula is C12H7F3N4O2. The van der Waals surface area contributed by atoms with Gasteiger partial charge in [-0.3, -0.25) is 5.10 Å². The number of nitrogens with two attached hydrogens (primary N) is 1. The number of nitrogens with zero attached hydrogens (tertiary/aromatic N) is 2. The first-order chi connectivity index (χ1) is 9.93. The molecule has 6 nitrogen and oxygen atoms in total. The molecule has 3 N–H and O–H groups in total. The summed E-state index contributed by atoms with van der Waals surface area (Å²) < 4.78 is 49.3. The fourth-order valence-electron chi connectivity index (χ4n) is 2.20. The van der Waals surface area contributed by atoms with E-state index in [1.165, 1.54) is 18.4 Å². The van der Waals surface area contributed by atoms with E-state index in [9.17, 15) is 13.2 Å². The van der Waals surface area contributed by atoms with E-state index in [1.54, 1.807) is 6.07 Å². The second-order valence-corrected chi connectivity index (χ2v) is 4.26. The van der Waals surface area contributed by atoms with Gasteiger partial charge < -0.3 is 14.9 Å². The highest BCUT2D eigenvalue weighted by molar-refractivity contribution is 5.53. The van der Waals surface area contributed by atoms with Crippen LogP contribution in [0.25, 0.3) is 0 Å². The first-order valence-electron chi connectivity index (χ1n) is 5.70. The third-order valence-corrected chi connectivity index (χ3v) is 3.05. The molecule has 108 valence electrons. The number of alkyl halides is 3. The van der Waals surface area contributed by atoms with E-state index >= 15 is 0 Å². The van der Waals surface area contributed by atoms with Crippen molar-refractivity contribution in [2.45, 2.75) is 12.1 Å². The Bertz CT molecular complexity index is 753. The summed E-state index contributed by atoms with van der Waals surface area (Å²) in [4.78, 5) is 0. The van der Waals surface area contributed by atoms with Crippen LogP contribution in [0.1, 0.15) is 22.9 Å². The van der Waals surface area contributed by atoms with Crippen molar-refractivity contribution in [3.8, 4) is 11.9 Å². The van der Waals surface area contributed by atoms with Gasteiger partial charge in [-0.25, -0.2) is 0 Å². The zero-order valence-corrected chi connectivity index (χ0v) is 10.2. The maximum absolute atomic E-state index is 13.1. The van der Waals surface area contributed by atoms with Gasteiger partial charge in [-0.2, -0.15) is 18.4 Å². The molecule has 9 heteroatoms. The smallest absolute Gasteiger partial charge is 0.433 e. The summed E-state index contributed by atoms with van der Waals surface area (Å²) in [5.41, 5.74) is 4.00. The van der Waals surface area contributed by atoms with Gasteiger partial charge in [0, 0.05) is 0 Å². The van der Waals surface area contributed by atoms with Crippen LogP contribution in [0.15, 0.2) is 34.3 Å². The van der Waals surface area contributed by atoms with Gasteiger partial charge in [-0.1, -0.05) is 0 Å². The Labute approximate surface area is 115 Å². The van der Waals surface area contributed by atoms with Crippen LogP contribution >= 0.6 is 0 Å². The highest BCUT2D eigenvalue weighted by Crippen LogP contribution is 2.46. The first kappa shape index (κ1) is 13.1. The lowest BCUT2D eigenvalue weighted by molar-refractivity contribution is -0.141. The lowest BCUT2D eigenvalue weighted by atomic mass is 9.88. The van der Waals surface area contributed by atoms with Crippen LogP contribution in [0.5, 0.6) is 5.88 Å². The van der Waals surface area contributed by atoms with Gasteiger partial charge in [0.25, 0.3) is 0 Å². The first-order valence-corrected chi connectivity index (χ1v) is 5.70. The Morgan fingerprint density at radius 2 is 2.19 bits per heavy atom. The van der Waals surface area contributed by atoms with E-state index < -0.39 is 17.8 Å². The molecule has 1 atom stereocenters. The Morgan fingerprint density at radius 1 is 1.43 bits per heavy atom. The Kier molecular flexibility index (Phi) is 2.69. The molecule has 0 saturated carbocycles. The highest BCUT2D eigenvalue weighted by atomic mass is 19.4. The topological polar surface area (TPSA) is 101 Å². The summed E-state index contributed by atoms with van der Waals surface area (Å²) >= 11 is 0. The fraction of sp³-hybridized carbons (Fsp3) is 0.167. The molecule has 0 bridgehead atoms. The van der Waals surface area contributed by atoms with E-state index in [2.05, 4.69) is 5.10 Å². The molecule has 0 fully saturated rings. The van der Waals surface area contributed by atoms with E-state index in [0.29, 0.717) is 0 Å². The molecule has 1 aliphatic heterocycles. The van der Waals surface area contributed by atoms with Gasteiger partial charge in [0.2, 0.25) is 11.8 Å². The number of ether oxygens (including phenoxy) is 1. The average molecular weight is 296 g/mol. The molecule has 3 heterocycles. The number of halogens is 3. The molecule has 1 aliphatic rings. The lowest BCUT2D eigenvalue weighted by Crippen LogP contribution is -2.22. The van der Waals surface area contributed by atoms with E-state index in [-0.39, 0.29) is 28.7 Å². The lowest BCUT2D eigenvalue weighted by Gasteiger charge is -2.22. The monoisotopic (exact) mass is 296 g/mol. The van der Waals surface area contributed by atoms with Crippen molar-refractivity contribution in [1.29, 1.82) is 5.26 Å². The molecule has 0 spiro atoms. The SMILES string of the molecule is N#CC1=C(N)Oc2n[nH]c(C(F)(F)F)c2[C@H]1c1ccco1. The molecule has 0 aromatic carbocycles. The summed E-state index contributed by atoms with van der Waals surface area (Å²) in [5.74, 6) is -1.60. The number of aromatic nitrogens is 2. The van der Waals surface area contributed by atoms with Crippen LogP contribution in [0.4, 0.5) is 13.2 Å². The summed E-state index contributed by atoms with van der Waals surface area (Å²) in [6.45, 7) is 0. The van der Waals surface area contributed by atoms with Crippen LogP contribution in [0.3, 0.4) is 0 Å². The van der Waals surface area contributed by atoms with Crippen molar-refractivity contribution < 1.29 is 22.3 Å². The summed E-state index contributed by atoms with van der Waals surface area (Å²) in [5, 5.41) is 14.5. The third-order valence-electron chi connectivity index (χ3n) is 3.05. The van der Waals surface area contributed by atoms with Gasteiger partial charge in [-0.15, -0.1) is 5.10 Å². The number of hydrogen-bond donors (Lipinski definition) is 2. The van der Waals surface area contributed by atoms with Gasteiger partial charge in [0.05, 0.1) is 17.7 Å². The van der Waals surface area contributed by atoms with E-state index in [1.807, 2.05) is 5.10 Å². The van der Waals surface area contributed by atoms with E-state index in [4.69, 9.17) is 20.1 Å². The number of H-pyrrole nitrogens is 1. The van der Waals surface area contributed by atoms with Crippen molar-refractivity contribution in [3.63, 3.8) is 0 Å². The second-order valence-electron chi connectivity index (χ2n) is 4.26. The Morgan fingerprint density at radius 3 is 2.76 bits per heavy atom. The number of allylic oxidation sites excluding steroid dienone is 1. The molecule has 2 aromatic heterocycles. The van der Waals surface area contributed by atoms with Gasteiger partial charge in [0.15, 0.2) is 0 Å². The summed E-state index contributed by atoms with van der Waals surface area (Å²) in [7, 11) is 0. The maximum atomic E-state index is 13.1. The third kappa shape index (κ3) is 1.92. The zero-order chi connectivity index (χ0) is 15.2. The Hall–Kier alpha value is -2.89. The molecule has 0 saturated heterocycles. The minimum absolute atomic E-state index is 0.144. The van der Waals surface area contributed by atoms with Crippen molar-refractivity contribution in [1.82, 2.24) is 10.2 Å². The van der Waals surface area contributed by atoms with Gasteiger partial charge >= 0.3 is 6.18 Å². The van der Waals surface area contributed by atoms with Crippen LogP contribution < -0.4 is 10.5 Å². The quantitative estimate of drug-likeness (QED) is 0.840.